The highest BCUT2D eigenvalue weighted by molar-refractivity contribution is 9.10. The average molecular weight is 469 g/mol. The summed E-state index contributed by atoms with van der Waals surface area (Å²) in [6.07, 6.45) is 0.240. The summed E-state index contributed by atoms with van der Waals surface area (Å²) < 4.78 is 32.3. The fourth-order valence-corrected chi connectivity index (χ4v) is 3.68. The van der Waals surface area contributed by atoms with Crippen LogP contribution in [0.2, 0.25) is 5.02 Å². The summed E-state index contributed by atoms with van der Waals surface area (Å²) in [5.41, 5.74) is 1.34. The van der Waals surface area contributed by atoms with E-state index in [2.05, 4.69) is 26.1 Å². The maximum Gasteiger partial charge on any atom is 0.232 e. The Kier molecular flexibility index (Phi) is 5.16. The van der Waals surface area contributed by atoms with Gasteiger partial charge in [0.2, 0.25) is 17.6 Å². The van der Waals surface area contributed by atoms with E-state index in [1.165, 1.54) is 18.2 Å². The smallest absolute Gasteiger partial charge is 0.232 e. The number of likely N-dealkylation sites (tertiary alicyclic amines) is 1. The molecule has 0 spiro atoms. The van der Waals surface area contributed by atoms with Crippen molar-refractivity contribution in [2.45, 2.75) is 18.9 Å². The van der Waals surface area contributed by atoms with Gasteiger partial charge in [0.1, 0.15) is 11.6 Å². The first-order chi connectivity index (χ1) is 13.4. The van der Waals surface area contributed by atoms with Gasteiger partial charge < -0.3 is 9.42 Å². The van der Waals surface area contributed by atoms with E-state index in [4.69, 9.17) is 16.1 Å². The normalized spacial score (nSPS) is 16.8. The number of rotatable bonds is 4. The highest BCUT2D eigenvalue weighted by atomic mass is 79.9. The van der Waals surface area contributed by atoms with E-state index in [-0.39, 0.29) is 29.1 Å². The second-order valence-electron chi connectivity index (χ2n) is 6.51. The minimum atomic E-state index is -0.498. The first kappa shape index (κ1) is 19.0. The largest absolute Gasteiger partial charge is 0.339 e. The maximum absolute atomic E-state index is 13.4. The second kappa shape index (κ2) is 7.60. The lowest BCUT2D eigenvalue weighted by atomic mass is 10.1. The molecule has 144 valence electrons. The van der Waals surface area contributed by atoms with Crippen LogP contribution in [0, 0.1) is 11.6 Å². The molecule has 1 aliphatic rings. The van der Waals surface area contributed by atoms with Crippen LogP contribution < -0.4 is 0 Å². The number of halogens is 4. The van der Waals surface area contributed by atoms with Gasteiger partial charge in [0, 0.05) is 25.1 Å². The molecule has 1 aromatic heterocycles. The van der Waals surface area contributed by atoms with Gasteiger partial charge in [0.25, 0.3) is 0 Å². The Morgan fingerprint density at radius 1 is 1.21 bits per heavy atom. The molecular weight excluding hydrogens is 456 g/mol. The standard InChI is InChI=1S/C19H13BrClF2N3O2/c20-13-6-11(2-4-15(13)22)18-24-19(28-25-18)12-7-17(27)26(9-12)8-10-1-3-16(23)14(21)5-10/h1-6,12H,7-9H2. The van der Waals surface area contributed by atoms with Crippen molar-refractivity contribution in [3.63, 3.8) is 0 Å². The third-order valence-corrected chi connectivity index (χ3v) is 5.44. The molecule has 3 aromatic rings. The molecule has 1 unspecified atom stereocenters. The first-order valence-electron chi connectivity index (χ1n) is 8.41. The van der Waals surface area contributed by atoms with Gasteiger partial charge in [-0.05, 0) is 51.8 Å². The van der Waals surface area contributed by atoms with E-state index in [0.717, 1.165) is 5.56 Å². The number of hydrogen-bond donors (Lipinski definition) is 0. The molecule has 0 saturated carbocycles. The van der Waals surface area contributed by atoms with Crippen molar-refractivity contribution in [3.05, 3.63) is 69.0 Å². The van der Waals surface area contributed by atoms with Crippen LogP contribution in [-0.2, 0) is 11.3 Å². The minimum Gasteiger partial charge on any atom is -0.339 e. The minimum absolute atomic E-state index is 0.0210. The van der Waals surface area contributed by atoms with Crippen molar-refractivity contribution in [1.29, 1.82) is 0 Å². The van der Waals surface area contributed by atoms with Gasteiger partial charge in [0.05, 0.1) is 15.4 Å². The van der Waals surface area contributed by atoms with E-state index >= 15 is 0 Å². The molecule has 28 heavy (non-hydrogen) atoms. The van der Waals surface area contributed by atoms with Crippen molar-refractivity contribution in [2.75, 3.05) is 6.54 Å². The van der Waals surface area contributed by atoms with Crippen molar-refractivity contribution in [1.82, 2.24) is 15.0 Å². The fourth-order valence-electron chi connectivity index (χ4n) is 3.10. The highest BCUT2D eigenvalue weighted by Gasteiger charge is 2.34. The molecular formula is C19H13BrClF2N3O2. The molecule has 0 N–H and O–H groups in total. The van der Waals surface area contributed by atoms with Gasteiger partial charge in [0.15, 0.2) is 0 Å². The van der Waals surface area contributed by atoms with Gasteiger partial charge in [-0.1, -0.05) is 22.8 Å². The van der Waals surface area contributed by atoms with Crippen LogP contribution in [0.1, 0.15) is 23.8 Å². The van der Waals surface area contributed by atoms with E-state index in [9.17, 15) is 13.6 Å². The lowest BCUT2D eigenvalue weighted by Gasteiger charge is -2.16. The van der Waals surface area contributed by atoms with Crippen LogP contribution in [0.15, 0.2) is 45.4 Å². The topological polar surface area (TPSA) is 59.2 Å². The Morgan fingerprint density at radius 2 is 2.00 bits per heavy atom. The number of amides is 1. The molecule has 1 saturated heterocycles. The Bertz CT molecular complexity index is 1060. The number of aromatic nitrogens is 2. The predicted molar refractivity (Wildman–Crippen MR) is 102 cm³/mol. The fraction of sp³-hybridized carbons (Fsp3) is 0.211. The van der Waals surface area contributed by atoms with Crippen LogP contribution in [0.4, 0.5) is 8.78 Å². The summed E-state index contributed by atoms with van der Waals surface area (Å²) in [5, 5.41) is 3.96. The van der Waals surface area contributed by atoms with Crippen molar-refractivity contribution in [2.24, 2.45) is 0 Å². The lowest BCUT2D eigenvalue weighted by molar-refractivity contribution is -0.128. The van der Waals surface area contributed by atoms with Crippen LogP contribution >= 0.6 is 27.5 Å². The third kappa shape index (κ3) is 3.79. The summed E-state index contributed by atoms with van der Waals surface area (Å²) in [6.45, 7) is 0.726. The summed E-state index contributed by atoms with van der Waals surface area (Å²) >= 11 is 8.93. The van der Waals surface area contributed by atoms with Crippen LogP contribution in [0.5, 0.6) is 0 Å². The Morgan fingerprint density at radius 3 is 2.75 bits per heavy atom. The van der Waals surface area contributed by atoms with Gasteiger partial charge in [-0.15, -0.1) is 0 Å². The SMILES string of the molecule is O=C1CC(c2nc(-c3ccc(F)c(Br)c3)no2)CN1Cc1ccc(F)c(Cl)c1. The molecule has 2 heterocycles. The zero-order valence-electron chi connectivity index (χ0n) is 14.3. The van der Waals surface area contributed by atoms with Gasteiger partial charge in [-0.3, -0.25) is 4.79 Å². The molecule has 1 aliphatic heterocycles. The summed E-state index contributed by atoms with van der Waals surface area (Å²) in [7, 11) is 0. The lowest BCUT2D eigenvalue weighted by Crippen LogP contribution is -2.24. The van der Waals surface area contributed by atoms with E-state index in [0.29, 0.717) is 34.8 Å². The Hall–Kier alpha value is -2.32. The van der Waals surface area contributed by atoms with Crippen molar-refractivity contribution in [3.8, 4) is 11.4 Å². The zero-order chi connectivity index (χ0) is 19.8. The summed E-state index contributed by atoms with van der Waals surface area (Å²) in [6, 6.07) is 8.81. The van der Waals surface area contributed by atoms with Crippen LogP contribution in [0.3, 0.4) is 0 Å². The monoisotopic (exact) mass is 467 g/mol. The molecule has 1 fully saturated rings. The number of carbonyl (C=O) groups excluding carboxylic acids is 1. The summed E-state index contributed by atoms with van der Waals surface area (Å²) in [5.74, 6) is -0.508. The van der Waals surface area contributed by atoms with Gasteiger partial charge in [-0.2, -0.15) is 4.98 Å². The maximum atomic E-state index is 13.4. The van der Waals surface area contributed by atoms with Crippen LogP contribution in [-0.4, -0.2) is 27.5 Å². The number of benzene rings is 2. The molecule has 0 aliphatic carbocycles. The second-order valence-corrected chi connectivity index (χ2v) is 7.77. The van der Waals surface area contributed by atoms with Gasteiger partial charge in [-0.25, -0.2) is 8.78 Å². The molecule has 2 aromatic carbocycles. The Balaban J connectivity index is 1.48. The van der Waals surface area contributed by atoms with Crippen molar-refractivity contribution < 1.29 is 18.1 Å². The quantitative estimate of drug-likeness (QED) is 0.544. The highest BCUT2D eigenvalue weighted by Crippen LogP contribution is 2.31. The van der Waals surface area contributed by atoms with Crippen molar-refractivity contribution >= 4 is 33.4 Å². The summed E-state index contributed by atoms with van der Waals surface area (Å²) in [4.78, 5) is 18.4. The third-order valence-electron chi connectivity index (χ3n) is 4.54. The molecule has 1 amide bonds. The van der Waals surface area contributed by atoms with Crippen LogP contribution in [0.25, 0.3) is 11.4 Å². The molecule has 5 nitrogen and oxygen atoms in total. The number of carbonyl (C=O) groups is 1. The predicted octanol–water partition coefficient (Wildman–Crippen LogP) is 4.95. The van der Waals surface area contributed by atoms with E-state index in [1.54, 1.807) is 23.1 Å². The first-order valence-corrected chi connectivity index (χ1v) is 9.58. The average Bonchev–Trinajstić information content (AvgIpc) is 3.28. The number of nitrogens with zero attached hydrogens (tertiary/aromatic N) is 3. The molecule has 0 radical (unpaired) electrons. The molecule has 0 bridgehead atoms. The van der Waals surface area contributed by atoms with E-state index < -0.39 is 5.82 Å². The zero-order valence-corrected chi connectivity index (χ0v) is 16.7. The van der Waals surface area contributed by atoms with Gasteiger partial charge >= 0.3 is 0 Å². The number of hydrogen-bond acceptors (Lipinski definition) is 4. The molecule has 1 atom stereocenters. The molecule has 9 heteroatoms. The Labute approximate surface area is 172 Å². The molecule has 4 rings (SSSR count). The van der Waals surface area contributed by atoms with E-state index in [1.807, 2.05) is 0 Å².